The summed E-state index contributed by atoms with van der Waals surface area (Å²) in [5.41, 5.74) is 4.59. The molecule has 0 radical (unpaired) electrons. The average Bonchev–Trinajstić information content (AvgIpc) is 3.17. The molecule has 0 fully saturated rings. The van der Waals surface area contributed by atoms with E-state index in [-0.39, 0.29) is 5.91 Å². The molecule has 5 rings (SSSR count). The Kier molecular flexibility index (Phi) is 4.41. The first-order chi connectivity index (χ1) is 13.7. The number of amides is 1. The molecule has 6 nitrogen and oxygen atoms in total. The van der Waals surface area contributed by atoms with Crippen molar-refractivity contribution >= 4 is 16.8 Å². The van der Waals surface area contributed by atoms with Gasteiger partial charge in [0.2, 0.25) is 0 Å². The van der Waals surface area contributed by atoms with Gasteiger partial charge in [-0.1, -0.05) is 13.3 Å². The summed E-state index contributed by atoms with van der Waals surface area (Å²) in [7, 11) is 0. The SMILES string of the molecule is CC1CCc2[nH]c3ccc(C(=O)NCc4nnc5n4CCCCC5)cc3c2C1. The third kappa shape index (κ3) is 3.11. The number of hydrogen-bond donors (Lipinski definition) is 2. The number of aromatic amines is 1. The van der Waals surface area contributed by atoms with Crippen LogP contribution >= 0.6 is 0 Å². The topological polar surface area (TPSA) is 75.6 Å². The van der Waals surface area contributed by atoms with Gasteiger partial charge < -0.3 is 14.9 Å². The Hall–Kier alpha value is -2.63. The van der Waals surface area contributed by atoms with E-state index in [4.69, 9.17) is 0 Å². The highest BCUT2D eigenvalue weighted by Gasteiger charge is 2.21. The first kappa shape index (κ1) is 17.5. The number of aromatic nitrogens is 4. The monoisotopic (exact) mass is 377 g/mol. The van der Waals surface area contributed by atoms with Crippen molar-refractivity contribution < 1.29 is 4.79 Å². The van der Waals surface area contributed by atoms with E-state index in [1.165, 1.54) is 35.9 Å². The largest absolute Gasteiger partial charge is 0.358 e. The molecule has 2 aliphatic rings. The number of carbonyl (C=O) groups is 1. The molecule has 0 saturated heterocycles. The highest BCUT2D eigenvalue weighted by molar-refractivity contribution is 5.99. The molecule has 1 amide bonds. The summed E-state index contributed by atoms with van der Waals surface area (Å²) in [4.78, 5) is 16.3. The molecule has 0 spiro atoms. The maximum atomic E-state index is 12.8. The van der Waals surface area contributed by atoms with Crippen molar-refractivity contribution in [3.8, 4) is 0 Å². The highest BCUT2D eigenvalue weighted by Crippen LogP contribution is 2.32. The summed E-state index contributed by atoms with van der Waals surface area (Å²) >= 11 is 0. The molecule has 1 atom stereocenters. The van der Waals surface area contributed by atoms with E-state index in [0.717, 1.165) is 49.4 Å². The lowest BCUT2D eigenvalue weighted by Crippen LogP contribution is -2.25. The van der Waals surface area contributed by atoms with Gasteiger partial charge in [-0.15, -0.1) is 10.2 Å². The normalized spacial score (nSPS) is 19.1. The Morgan fingerprint density at radius 2 is 2.18 bits per heavy atom. The Morgan fingerprint density at radius 1 is 1.25 bits per heavy atom. The Balaban J connectivity index is 1.35. The zero-order chi connectivity index (χ0) is 19.1. The molecule has 3 heterocycles. The lowest BCUT2D eigenvalue weighted by Gasteiger charge is -2.18. The second-order valence-electron chi connectivity index (χ2n) is 8.37. The molecule has 0 bridgehead atoms. The molecule has 2 aromatic heterocycles. The minimum absolute atomic E-state index is 0.0494. The maximum absolute atomic E-state index is 12.8. The number of nitrogens with one attached hydrogen (secondary N) is 2. The van der Waals surface area contributed by atoms with Gasteiger partial charge in [-0.25, -0.2) is 0 Å². The second-order valence-corrected chi connectivity index (χ2v) is 8.37. The molecular weight excluding hydrogens is 350 g/mol. The predicted molar refractivity (Wildman–Crippen MR) is 108 cm³/mol. The van der Waals surface area contributed by atoms with Crippen molar-refractivity contribution in [3.63, 3.8) is 0 Å². The third-order valence-corrected chi connectivity index (χ3v) is 6.29. The van der Waals surface area contributed by atoms with Crippen LogP contribution in [0.15, 0.2) is 18.2 Å². The summed E-state index contributed by atoms with van der Waals surface area (Å²) in [6, 6.07) is 5.99. The Bertz CT molecular complexity index is 1030. The van der Waals surface area contributed by atoms with Gasteiger partial charge in [0.1, 0.15) is 5.82 Å². The lowest BCUT2D eigenvalue weighted by molar-refractivity contribution is 0.0949. The van der Waals surface area contributed by atoms with Crippen LogP contribution in [0, 0.1) is 5.92 Å². The van der Waals surface area contributed by atoms with Crippen LogP contribution in [0.25, 0.3) is 10.9 Å². The third-order valence-electron chi connectivity index (χ3n) is 6.29. The number of aryl methyl sites for hydroxylation is 2. The fraction of sp³-hybridized carbons (Fsp3) is 0.500. The number of rotatable bonds is 3. The molecule has 6 heteroatoms. The molecule has 3 aromatic rings. The van der Waals surface area contributed by atoms with Gasteiger partial charge in [-0.2, -0.15) is 0 Å². The first-order valence-electron chi connectivity index (χ1n) is 10.5. The van der Waals surface area contributed by atoms with Crippen molar-refractivity contribution in [2.24, 2.45) is 5.92 Å². The summed E-state index contributed by atoms with van der Waals surface area (Å²) < 4.78 is 2.18. The molecule has 0 saturated carbocycles. The summed E-state index contributed by atoms with van der Waals surface area (Å²) in [5.74, 6) is 2.56. The van der Waals surface area contributed by atoms with Crippen LogP contribution in [-0.2, 0) is 32.4 Å². The lowest BCUT2D eigenvalue weighted by atomic mass is 9.87. The first-order valence-corrected chi connectivity index (χ1v) is 10.5. The minimum atomic E-state index is -0.0494. The van der Waals surface area contributed by atoms with Crippen LogP contribution in [-0.4, -0.2) is 25.7 Å². The zero-order valence-corrected chi connectivity index (χ0v) is 16.4. The van der Waals surface area contributed by atoms with Crippen LogP contribution in [0.3, 0.4) is 0 Å². The molecule has 1 aliphatic carbocycles. The van der Waals surface area contributed by atoms with Crippen LogP contribution in [0.5, 0.6) is 0 Å². The molecule has 146 valence electrons. The smallest absolute Gasteiger partial charge is 0.251 e. The van der Waals surface area contributed by atoms with E-state index < -0.39 is 0 Å². The Labute approximate surface area is 164 Å². The number of carbonyl (C=O) groups excluding carboxylic acids is 1. The predicted octanol–water partition coefficient (Wildman–Crippen LogP) is 3.54. The van der Waals surface area contributed by atoms with Crippen molar-refractivity contribution in [2.75, 3.05) is 0 Å². The van der Waals surface area contributed by atoms with Crippen molar-refractivity contribution in [3.05, 3.63) is 46.7 Å². The van der Waals surface area contributed by atoms with E-state index in [9.17, 15) is 4.79 Å². The number of nitrogens with zero attached hydrogens (tertiary/aromatic N) is 3. The van der Waals surface area contributed by atoms with Crippen molar-refractivity contribution in [1.82, 2.24) is 25.1 Å². The van der Waals surface area contributed by atoms with Gasteiger partial charge >= 0.3 is 0 Å². The van der Waals surface area contributed by atoms with Gasteiger partial charge in [-0.05, 0) is 61.8 Å². The summed E-state index contributed by atoms with van der Waals surface area (Å²) in [6.45, 7) is 3.68. The van der Waals surface area contributed by atoms with Crippen LogP contribution in [0.4, 0.5) is 0 Å². The molecule has 2 N–H and O–H groups in total. The van der Waals surface area contributed by atoms with Crippen LogP contribution in [0.1, 0.15) is 65.9 Å². The Morgan fingerprint density at radius 3 is 3.11 bits per heavy atom. The minimum Gasteiger partial charge on any atom is -0.358 e. The van der Waals surface area contributed by atoms with E-state index in [2.05, 4.69) is 32.0 Å². The maximum Gasteiger partial charge on any atom is 0.251 e. The van der Waals surface area contributed by atoms with E-state index in [1.807, 2.05) is 18.2 Å². The van der Waals surface area contributed by atoms with Crippen LogP contribution in [0.2, 0.25) is 0 Å². The highest BCUT2D eigenvalue weighted by atomic mass is 16.1. The van der Waals surface area contributed by atoms with Gasteiger partial charge in [0.15, 0.2) is 5.82 Å². The zero-order valence-electron chi connectivity index (χ0n) is 16.4. The molecule has 1 aliphatic heterocycles. The molecule has 1 aromatic carbocycles. The van der Waals surface area contributed by atoms with E-state index in [1.54, 1.807) is 0 Å². The number of benzene rings is 1. The number of fused-ring (bicyclic) bond motifs is 4. The quantitative estimate of drug-likeness (QED) is 0.733. The van der Waals surface area contributed by atoms with E-state index in [0.29, 0.717) is 18.0 Å². The van der Waals surface area contributed by atoms with Crippen LogP contribution < -0.4 is 5.32 Å². The standard InChI is InChI=1S/C22H27N5O/c1-14-6-8-18-16(11-14)17-12-15(7-9-19(17)24-18)22(28)23-13-21-26-25-20-5-3-2-4-10-27(20)21/h7,9,12,14,24H,2-6,8,10-11,13H2,1H3,(H,23,28). The van der Waals surface area contributed by atoms with Crippen molar-refractivity contribution in [1.29, 1.82) is 0 Å². The second kappa shape index (κ2) is 7.08. The van der Waals surface area contributed by atoms with Gasteiger partial charge in [0.05, 0.1) is 6.54 Å². The fourth-order valence-corrected chi connectivity index (χ4v) is 4.67. The number of hydrogen-bond acceptors (Lipinski definition) is 3. The van der Waals surface area contributed by atoms with Gasteiger partial charge in [0.25, 0.3) is 5.91 Å². The summed E-state index contributed by atoms with van der Waals surface area (Å²) in [5, 5.41) is 12.9. The van der Waals surface area contributed by atoms with Crippen molar-refractivity contribution in [2.45, 2.75) is 65.0 Å². The summed E-state index contributed by atoms with van der Waals surface area (Å²) in [6.07, 6.45) is 7.96. The molecule has 28 heavy (non-hydrogen) atoms. The molecule has 1 unspecified atom stereocenters. The number of H-pyrrole nitrogens is 1. The molecular formula is C22H27N5O. The average molecular weight is 377 g/mol. The van der Waals surface area contributed by atoms with Gasteiger partial charge in [-0.3, -0.25) is 4.79 Å². The van der Waals surface area contributed by atoms with E-state index >= 15 is 0 Å². The van der Waals surface area contributed by atoms with Gasteiger partial charge in [0, 0.05) is 35.1 Å². The fourth-order valence-electron chi connectivity index (χ4n) is 4.67.